The lowest BCUT2D eigenvalue weighted by atomic mass is 10.0. The average Bonchev–Trinajstić information content (AvgIpc) is 3.44. The predicted octanol–water partition coefficient (Wildman–Crippen LogP) is 6.21. The fraction of sp³-hybridized carbons (Fsp3) is 0.286. The van der Waals surface area contributed by atoms with E-state index in [2.05, 4.69) is 51.3 Å². The highest BCUT2D eigenvalue weighted by Crippen LogP contribution is 2.54. The van der Waals surface area contributed by atoms with Gasteiger partial charge in [0, 0.05) is 23.4 Å². The highest BCUT2D eigenvalue weighted by atomic mass is 32.2. The fourth-order valence-corrected chi connectivity index (χ4v) is 6.29. The molecule has 1 amide bonds. The Morgan fingerprint density at radius 3 is 2.49 bits per heavy atom. The predicted molar refractivity (Wildman–Crippen MR) is 147 cm³/mol. The smallest absolute Gasteiger partial charge is 0.341 e. The van der Waals surface area contributed by atoms with E-state index in [4.69, 9.17) is 4.74 Å². The van der Waals surface area contributed by atoms with Crippen LogP contribution in [0.1, 0.15) is 53.8 Å². The Morgan fingerprint density at radius 2 is 1.78 bits per heavy atom. The molecule has 0 radical (unpaired) electrons. The highest BCUT2D eigenvalue weighted by Gasteiger charge is 2.43. The Bertz CT molecular complexity index is 1390. The van der Waals surface area contributed by atoms with Crippen LogP contribution < -0.4 is 5.32 Å². The monoisotopic (exact) mass is 532 g/mol. The Morgan fingerprint density at radius 1 is 1.05 bits per heavy atom. The molecule has 190 valence electrons. The first-order valence-corrected chi connectivity index (χ1v) is 14.2. The number of hydrogen-bond acceptors (Lipinski definition) is 7. The highest BCUT2D eigenvalue weighted by molar-refractivity contribution is 7.99. The number of nitrogens with zero attached hydrogens (tertiary/aromatic N) is 3. The number of carbonyl (C=O) groups is 2. The van der Waals surface area contributed by atoms with E-state index in [1.807, 2.05) is 41.8 Å². The topological polar surface area (TPSA) is 86.1 Å². The number of esters is 1. The largest absolute Gasteiger partial charge is 0.462 e. The van der Waals surface area contributed by atoms with Crippen LogP contribution in [0, 0.1) is 0 Å². The second kappa shape index (κ2) is 11.3. The first-order chi connectivity index (χ1) is 18.1. The number of thioether (sulfide) groups is 1. The minimum atomic E-state index is -0.446. The second-order valence-electron chi connectivity index (χ2n) is 8.72. The van der Waals surface area contributed by atoms with Crippen molar-refractivity contribution in [2.24, 2.45) is 0 Å². The number of ether oxygens (including phenoxy) is 1. The molecule has 0 aliphatic heterocycles. The lowest BCUT2D eigenvalue weighted by Gasteiger charge is -2.09. The average molecular weight is 533 g/mol. The molecule has 9 heteroatoms. The van der Waals surface area contributed by atoms with Gasteiger partial charge in [-0.15, -0.1) is 21.5 Å². The summed E-state index contributed by atoms with van der Waals surface area (Å²) in [6, 6.07) is 20.1. The van der Waals surface area contributed by atoms with E-state index in [9.17, 15) is 9.59 Å². The summed E-state index contributed by atoms with van der Waals surface area (Å²) >= 11 is 2.68. The summed E-state index contributed by atoms with van der Waals surface area (Å²) in [5, 5.41) is 14.9. The molecule has 37 heavy (non-hydrogen) atoms. The van der Waals surface area contributed by atoms with Gasteiger partial charge in [0.15, 0.2) is 5.16 Å². The van der Waals surface area contributed by atoms with Gasteiger partial charge in [0.2, 0.25) is 5.91 Å². The summed E-state index contributed by atoms with van der Waals surface area (Å²) in [6.45, 7) is 4.83. The normalized spacial score (nSPS) is 16.4. The Labute approximate surface area is 224 Å². The lowest BCUT2D eigenvalue weighted by Crippen LogP contribution is -2.17. The van der Waals surface area contributed by atoms with Gasteiger partial charge in [-0.3, -0.25) is 4.79 Å². The maximum absolute atomic E-state index is 12.9. The molecular weight excluding hydrogens is 504 g/mol. The second-order valence-corrected chi connectivity index (χ2v) is 10.5. The number of anilines is 1. The standard InChI is InChI=1S/C28H28N4O3S2/c1-3-32-25(21-15-20(21)18-11-7-5-8-12-18)30-31-28(32)37-17-23(33)29-26-24(27(34)35-4-2)22(16-36-26)19-13-9-6-10-14-19/h5-14,16,20-21H,3-4,15,17H2,1-2H3,(H,29,33). The van der Waals surface area contributed by atoms with Gasteiger partial charge in [0.05, 0.1) is 12.4 Å². The zero-order valence-electron chi connectivity index (χ0n) is 20.7. The van der Waals surface area contributed by atoms with Gasteiger partial charge in [0.25, 0.3) is 0 Å². The summed E-state index contributed by atoms with van der Waals surface area (Å²) in [5.41, 5.74) is 3.36. The summed E-state index contributed by atoms with van der Waals surface area (Å²) in [6.07, 6.45) is 1.06. The number of amides is 1. The molecule has 1 N–H and O–H groups in total. The Kier molecular flexibility index (Phi) is 7.71. The van der Waals surface area contributed by atoms with E-state index >= 15 is 0 Å². The number of thiophene rings is 1. The van der Waals surface area contributed by atoms with Crippen LogP contribution in [0.25, 0.3) is 11.1 Å². The zero-order valence-corrected chi connectivity index (χ0v) is 22.3. The van der Waals surface area contributed by atoms with Crippen LogP contribution in [-0.2, 0) is 16.1 Å². The number of nitrogens with one attached hydrogen (secondary N) is 1. The lowest BCUT2D eigenvalue weighted by molar-refractivity contribution is -0.113. The molecule has 2 aromatic carbocycles. The van der Waals surface area contributed by atoms with Crippen LogP contribution in [0.15, 0.2) is 71.2 Å². The van der Waals surface area contributed by atoms with Crippen molar-refractivity contribution < 1.29 is 14.3 Å². The molecular formula is C28H28N4O3S2. The van der Waals surface area contributed by atoms with Crippen LogP contribution in [-0.4, -0.2) is 39.0 Å². The van der Waals surface area contributed by atoms with Crippen LogP contribution in [0.3, 0.4) is 0 Å². The first kappa shape index (κ1) is 25.2. The van der Waals surface area contributed by atoms with E-state index in [0.717, 1.165) is 35.1 Å². The molecule has 1 aliphatic carbocycles. The number of hydrogen-bond donors (Lipinski definition) is 1. The van der Waals surface area contributed by atoms with Crippen LogP contribution in [0.2, 0.25) is 0 Å². The van der Waals surface area contributed by atoms with Crippen molar-refractivity contribution in [3.63, 3.8) is 0 Å². The van der Waals surface area contributed by atoms with Crippen molar-refractivity contribution in [3.05, 3.63) is 83.0 Å². The van der Waals surface area contributed by atoms with Crippen molar-refractivity contribution in [1.82, 2.24) is 14.8 Å². The molecule has 0 bridgehead atoms. The van der Waals surface area contributed by atoms with E-state index in [0.29, 0.717) is 22.4 Å². The third kappa shape index (κ3) is 5.47. The third-order valence-corrected chi connectivity index (χ3v) is 8.21. The van der Waals surface area contributed by atoms with Gasteiger partial charge in [-0.05, 0) is 37.3 Å². The molecule has 1 aliphatic rings. The third-order valence-electron chi connectivity index (χ3n) is 6.35. The molecule has 0 spiro atoms. The molecule has 1 saturated carbocycles. The summed E-state index contributed by atoms with van der Waals surface area (Å²) < 4.78 is 7.40. The molecule has 4 aromatic rings. The molecule has 5 rings (SSSR count). The molecule has 2 aromatic heterocycles. The molecule has 2 unspecified atom stereocenters. The summed E-state index contributed by atoms with van der Waals surface area (Å²) in [5.74, 6) is 1.31. The molecule has 2 atom stereocenters. The minimum Gasteiger partial charge on any atom is -0.462 e. The van der Waals surface area contributed by atoms with Crippen molar-refractivity contribution in [2.45, 2.75) is 43.8 Å². The van der Waals surface area contributed by atoms with E-state index in [1.165, 1.54) is 28.7 Å². The van der Waals surface area contributed by atoms with Gasteiger partial charge < -0.3 is 14.6 Å². The molecule has 7 nitrogen and oxygen atoms in total. The zero-order chi connectivity index (χ0) is 25.8. The number of benzene rings is 2. The minimum absolute atomic E-state index is 0.158. The maximum atomic E-state index is 12.9. The van der Waals surface area contributed by atoms with Gasteiger partial charge in [-0.1, -0.05) is 72.4 Å². The first-order valence-electron chi connectivity index (χ1n) is 12.3. The van der Waals surface area contributed by atoms with Gasteiger partial charge in [-0.2, -0.15) is 0 Å². The summed E-state index contributed by atoms with van der Waals surface area (Å²) in [4.78, 5) is 25.7. The van der Waals surface area contributed by atoms with Crippen LogP contribution in [0.5, 0.6) is 0 Å². The van der Waals surface area contributed by atoms with Crippen molar-refractivity contribution >= 4 is 40.0 Å². The van der Waals surface area contributed by atoms with E-state index in [1.54, 1.807) is 6.92 Å². The molecule has 1 fully saturated rings. The van der Waals surface area contributed by atoms with Crippen LogP contribution in [0.4, 0.5) is 5.00 Å². The fourth-order valence-electron chi connectivity index (χ4n) is 4.51. The van der Waals surface area contributed by atoms with Crippen molar-refractivity contribution in [2.75, 3.05) is 17.7 Å². The van der Waals surface area contributed by atoms with E-state index < -0.39 is 5.97 Å². The molecule has 2 heterocycles. The Balaban J connectivity index is 1.27. The van der Waals surface area contributed by atoms with Crippen LogP contribution >= 0.6 is 23.1 Å². The molecule has 0 saturated heterocycles. The SMILES string of the molecule is CCOC(=O)c1c(-c2ccccc2)csc1NC(=O)CSc1nnc(C2CC2c2ccccc2)n1CC. The maximum Gasteiger partial charge on any atom is 0.341 e. The summed E-state index contributed by atoms with van der Waals surface area (Å²) in [7, 11) is 0. The number of carbonyl (C=O) groups excluding carboxylic acids is 2. The quantitative estimate of drug-likeness (QED) is 0.193. The van der Waals surface area contributed by atoms with Gasteiger partial charge in [-0.25, -0.2) is 4.79 Å². The van der Waals surface area contributed by atoms with Crippen molar-refractivity contribution in [1.29, 1.82) is 0 Å². The van der Waals surface area contributed by atoms with Crippen molar-refractivity contribution in [3.8, 4) is 11.1 Å². The van der Waals surface area contributed by atoms with E-state index in [-0.39, 0.29) is 18.3 Å². The number of rotatable bonds is 10. The van der Waals surface area contributed by atoms with Gasteiger partial charge >= 0.3 is 5.97 Å². The Hall–Kier alpha value is -3.43. The number of aromatic nitrogens is 3. The van der Waals surface area contributed by atoms with Gasteiger partial charge in [0.1, 0.15) is 16.4 Å².